The Morgan fingerprint density at radius 2 is 2.20 bits per heavy atom. The molecule has 0 spiro atoms. The smallest absolute Gasteiger partial charge is 0.255 e. The van der Waals surface area contributed by atoms with Crippen molar-refractivity contribution in [1.82, 2.24) is 9.88 Å². The average molecular weight is 344 g/mol. The molecule has 0 saturated heterocycles. The number of hydrogen-bond acceptors (Lipinski definition) is 4. The lowest BCUT2D eigenvalue weighted by Crippen LogP contribution is -2.40. The number of rotatable bonds is 5. The lowest BCUT2D eigenvalue weighted by molar-refractivity contribution is 0.0931. The van der Waals surface area contributed by atoms with Crippen LogP contribution in [0.3, 0.4) is 0 Å². The normalized spacial score (nSPS) is 16.5. The van der Waals surface area contributed by atoms with Crippen molar-refractivity contribution < 1.29 is 13.9 Å². The molecule has 6 heteroatoms. The molecule has 2 aromatic rings. The Bertz CT molecular complexity index is 834. The molecule has 0 radical (unpaired) electrons. The van der Waals surface area contributed by atoms with E-state index >= 15 is 0 Å². The lowest BCUT2D eigenvalue weighted by Gasteiger charge is -2.27. The second kappa shape index (κ2) is 7.27. The number of hydrogen-bond donors (Lipinski definition) is 1. The highest BCUT2D eigenvalue weighted by Gasteiger charge is 2.24. The summed E-state index contributed by atoms with van der Waals surface area (Å²) in [6, 6.07) is 5.31. The highest BCUT2D eigenvalue weighted by Crippen LogP contribution is 2.21. The first-order chi connectivity index (χ1) is 12.0. The maximum absolute atomic E-state index is 12.5. The Kier molecular flexibility index (Phi) is 5.08. The van der Waals surface area contributed by atoms with Gasteiger partial charge in [0.25, 0.3) is 11.5 Å². The Balaban J connectivity index is 1.74. The summed E-state index contributed by atoms with van der Waals surface area (Å²) in [6.07, 6.45) is 2.30. The molecule has 0 unspecified atom stereocenters. The molecule has 0 aliphatic heterocycles. The fraction of sp³-hybridized carbons (Fsp3) is 0.474. The first-order valence-corrected chi connectivity index (χ1v) is 8.58. The number of carbonyl (C=O) groups is 1. The fourth-order valence-corrected chi connectivity index (χ4v) is 3.49. The summed E-state index contributed by atoms with van der Waals surface area (Å²) in [7, 11) is 1.63. The monoisotopic (exact) mass is 344 g/mol. The van der Waals surface area contributed by atoms with Crippen molar-refractivity contribution in [1.29, 1.82) is 0 Å². The molecule has 1 amide bonds. The number of furan rings is 1. The summed E-state index contributed by atoms with van der Waals surface area (Å²) in [4.78, 5) is 24.6. The predicted octanol–water partition coefficient (Wildman–Crippen LogP) is 1.99. The number of ether oxygens (including phenoxy) is 1. The van der Waals surface area contributed by atoms with Gasteiger partial charge < -0.3 is 19.0 Å². The van der Waals surface area contributed by atoms with E-state index in [1.54, 1.807) is 30.7 Å². The SMILES string of the molecule is COCCn1c2c(ccc1=O)C[C@@H](NC(=O)c1cc(C)oc1C)CC2. The molecule has 1 atom stereocenters. The van der Waals surface area contributed by atoms with Crippen LogP contribution in [0.25, 0.3) is 0 Å². The fourth-order valence-electron chi connectivity index (χ4n) is 3.49. The minimum absolute atomic E-state index is 0.00258. The quantitative estimate of drug-likeness (QED) is 0.900. The summed E-state index contributed by atoms with van der Waals surface area (Å²) in [5.74, 6) is 1.27. The Morgan fingerprint density at radius 1 is 1.40 bits per heavy atom. The highest BCUT2D eigenvalue weighted by atomic mass is 16.5. The molecule has 2 heterocycles. The lowest BCUT2D eigenvalue weighted by atomic mass is 9.91. The molecule has 0 saturated carbocycles. The number of fused-ring (bicyclic) bond motifs is 1. The number of amides is 1. The summed E-state index contributed by atoms with van der Waals surface area (Å²) < 4.78 is 12.3. The Hall–Kier alpha value is -2.34. The van der Waals surface area contributed by atoms with Crippen molar-refractivity contribution in [3.05, 3.63) is 56.9 Å². The molecule has 0 fully saturated rings. The zero-order valence-electron chi connectivity index (χ0n) is 14.9. The Labute approximate surface area is 146 Å². The van der Waals surface area contributed by atoms with Crippen LogP contribution in [0.5, 0.6) is 0 Å². The van der Waals surface area contributed by atoms with Crippen LogP contribution in [-0.4, -0.2) is 30.2 Å². The number of carbonyl (C=O) groups excluding carboxylic acids is 1. The maximum Gasteiger partial charge on any atom is 0.255 e. The summed E-state index contributed by atoms with van der Waals surface area (Å²) in [5, 5.41) is 3.10. The second-order valence-corrected chi connectivity index (χ2v) is 6.53. The topological polar surface area (TPSA) is 73.5 Å². The molecular weight excluding hydrogens is 320 g/mol. The number of nitrogens with zero attached hydrogens (tertiary/aromatic N) is 1. The molecular formula is C19H24N2O4. The van der Waals surface area contributed by atoms with Crippen molar-refractivity contribution in [2.45, 2.75) is 45.7 Å². The summed E-state index contributed by atoms with van der Waals surface area (Å²) in [5.41, 5.74) is 2.77. The molecule has 0 bridgehead atoms. The molecule has 0 aromatic carbocycles. The van der Waals surface area contributed by atoms with Gasteiger partial charge in [-0.2, -0.15) is 0 Å². The first-order valence-electron chi connectivity index (χ1n) is 8.58. The van der Waals surface area contributed by atoms with Gasteiger partial charge in [-0.25, -0.2) is 0 Å². The van der Waals surface area contributed by atoms with Crippen molar-refractivity contribution >= 4 is 5.91 Å². The minimum Gasteiger partial charge on any atom is -0.466 e. The molecule has 1 aliphatic rings. The van der Waals surface area contributed by atoms with E-state index in [0.717, 1.165) is 36.3 Å². The van der Waals surface area contributed by atoms with E-state index in [1.165, 1.54) is 0 Å². The van der Waals surface area contributed by atoms with Gasteiger partial charge in [-0.15, -0.1) is 0 Å². The van der Waals surface area contributed by atoms with E-state index in [1.807, 2.05) is 13.0 Å². The van der Waals surface area contributed by atoms with Crippen LogP contribution in [0, 0.1) is 13.8 Å². The van der Waals surface area contributed by atoms with E-state index in [4.69, 9.17) is 9.15 Å². The van der Waals surface area contributed by atoms with Gasteiger partial charge in [0.15, 0.2) is 0 Å². The van der Waals surface area contributed by atoms with Gasteiger partial charge in [0, 0.05) is 31.5 Å². The minimum atomic E-state index is -0.101. The standard InChI is InChI=1S/C19H24N2O4/c1-12-10-16(13(2)25-12)19(23)20-15-5-6-17-14(11-15)4-7-18(22)21(17)8-9-24-3/h4,7,10,15H,5-6,8-9,11H2,1-3H3,(H,20,23)/t15-/m0/s1. The average Bonchev–Trinajstić information content (AvgIpc) is 2.92. The largest absolute Gasteiger partial charge is 0.466 e. The molecule has 1 N–H and O–H groups in total. The van der Waals surface area contributed by atoms with Crippen LogP contribution in [-0.2, 0) is 24.1 Å². The third-order valence-corrected chi connectivity index (χ3v) is 4.73. The zero-order valence-corrected chi connectivity index (χ0v) is 14.9. The number of methoxy groups -OCH3 is 1. The number of aryl methyl sites for hydroxylation is 2. The number of aromatic nitrogens is 1. The first kappa shape index (κ1) is 17.5. The van der Waals surface area contributed by atoms with Crippen LogP contribution in [0.15, 0.2) is 27.4 Å². The van der Waals surface area contributed by atoms with E-state index < -0.39 is 0 Å². The van der Waals surface area contributed by atoms with Crippen LogP contribution in [0.2, 0.25) is 0 Å². The zero-order chi connectivity index (χ0) is 18.0. The molecule has 25 heavy (non-hydrogen) atoms. The van der Waals surface area contributed by atoms with Crippen molar-refractivity contribution in [2.24, 2.45) is 0 Å². The maximum atomic E-state index is 12.5. The van der Waals surface area contributed by atoms with Gasteiger partial charge in [0.05, 0.1) is 12.2 Å². The predicted molar refractivity (Wildman–Crippen MR) is 94.0 cm³/mol. The molecule has 3 rings (SSSR count). The van der Waals surface area contributed by atoms with Crippen molar-refractivity contribution in [3.63, 3.8) is 0 Å². The second-order valence-electron chi connectivity index (χ2n) is 6.53. The van der Waals surface area contributed by atoms with Gasteiger partial charge in [-0.3, -0.25) is 9.59 Å². The van der Waals surface area contributed by atoms with Gasteiger partial charge in [-0.05, 0) is 44.7 Å². The van der Waals surface area contributed by atoms with E-state index in [9.17, 15) is 9.59 Å². The van der Waals surface area contributed by atoms with E-state index in [2.05, 4.69) is 5.32 Å². The molecule has 6 nitrogen and oxygen atoms in total. The van der Waals surface area contributed by atoms with E-state index in [0.29, 0.717) is 24.5 Å². The Morgan fingerprint density at radius 3 is 2.88 bits per heavy atom. The van der Waals surface area contributed by atoms with Crippen LogP contribution in [0.4, 0.5) is 0 Å². The third-order valence-electron chi connectivity index (χ3n) is 4.73. The highest BCUT2D eigenvalue weighted by molar-refractivity contribution is 5.95. The van der Waals surface area contributed by atoms with Crippen LogP contribution < -0.4 is 10.9 Å². The van der Waals surface area contributed by atoms with Gasteiger partial charge in [-0.1, -0.05) is 6.07 Å². The van der Waals surface area contributed by atoms with Gasteiger partial charge in [0.1, 0.15) is 11.5 Å². The van der Waals surface area contributed by atoms with Crippen molar-refractivity contribution in [2.75, 3.05) is 13.7 Å². The van der Waals surface area contributed by atoms with Crippen molar-refractivity contribution in [3.8, 4) is 0 Å². The molecule has 2 aromatic heterocycles. The number of nitrogens with one attached hydrogen (secondary N) is 1. The summed E-state index contributed by atoms with van der Waals surface area (Å²) >= 11 is 0. The molecule has 1 aliphatic carbocycles. The molecule has 134 valence electrons. The van der Waals surface area contributed by atoms with Crippen LogP contribution >= 0.6 is 0 Å². The van der Waals surface area contributed by atoms with Gasteiger partial charge >= 0.3 is 0 Å². The third kappa shape index (κ3) is 3.69. The summed E-state index contributed by atoms with van der Waals surface area (Å²) in [6.45, 7) is 4.70. The number of pyridine rings is 1. The van der Waals surface area contributed by atoms with E-state index in [-0.39, 0.29) is 17.5 Å². The van der Waals surface area contributed by atoms with Crippen LogP contribution in [0.1, 0.15) is 39.6 Å². The van der Waals surface area contributed by atoms with Gasteiger partial charge in [0.2, 0.25) is 0 Å².